The van der Waals surface area contributed by atoms with E-state index in [0.717, 1.165) is 11.1 Å². The molecule has 0 N–H and O–H groups in total. The third-order valence-electron chi connectivity index (χ3n) is 4.10. The van der Waals surface area contributed by atoms with Crippen LogP contribution in [-0.2, 0) is 23.2 Å². The predicted octanol–water partition coefficient (Wildman–Crippen LogP) is 4.92. The lowest BCUT2D eigenvalue weighted by molar-refractivity contribution is 0.291. The van der Waals surface area contributed by atoms with Crippen LogP contribution in [0.3, 0.4) is 0 Å². The van der Waals surface area contributed by atoms with Crippen LogP contribution < -0.4 is 4.74 Å². The van der Waals surface area contributed by atoms with Gasteiger partial charge < -0.3 is 4.74 Å². The first-order valence-corrected chi connectivity index (χ1v) is 10.5. The fourth-order valence-electron chi connectivity index (χ4n) is 2.70. The van der Waals surface area contributed by atoms with E-state index in [-0.39, 0.29) is 0 Å². The number of fused-ring (bicyclic) bond motifs is 1. The zero-order chi connectivity index (χ0) is 19.5. The average molecular weight is 432 g/mol. The molecule has 2 aromatic heterocycles. The van der Waals surface area contributed by atoms with Crippen molar-refractivity contribution in [2.45, 2.75) is 17.5 Å². The van der Waals surface area contributed by atoms with Crippen molar-refractivity contribution in [3.63, 3.8) is 0 Å². The molecule has 1 atom stereocenters. The molecule has 0 aliphatic carbocycles. The molecule has 1 unspecified atom stereocenters. The van der Waals surface area contributed by atoms with E-state index < -0.39 is 10.8 Å². The van der Waals surface area contributed by atoms with E-state index in [9.17, 15) is 4.21 Å². The topological polar surface area (TPSA) is 56.5 Å². The quantitative estimate of drug-likeness (QED) is 0.434. The van der Waals surface area contributed by atoms with Crippen LogP contribution >= 0.6 is 23.2 Å². The molecule has 0 aliphatic heterocycles. The molecule has 0 fully saturated rings. The lowest BCUT2D eigenvalue weighted by atomic mass is 10.2. The molecule has 8 heteroatoms. The number of hydrogen-bond acceptors (Lipinski definition) is 4. The minimum absolute atomic E-state index is 0.324. The summed E-state index contributed by atoms with van der Waals surface area (Å²) < 4.78 is 20.4. The zero-order valence-electron chi connectivity index (χ0n) is 14.6. The Hall–Kier alpha value is -2.41. The summed E-state index contributed by atoms with van der Waals surface area (Å²) in [5.74, 6) is 0.705. The van der Waals surface area contributed by atoms with E-state index in [2.05, 4.69) is 10.2 Å². The Balaban J connectivity index is 1.55. The Labute approximate surface area is 174 Å². The van der Waals surface area contributed by atoms with Crippen LogP contribution in [0.15, 0.2) is 72.0 Å². The molecule has 4 rings (SSSR count). The Morgan fingerprint density at radius 1 is 0.893 bits per heavy atom. The van der Waals surface area contributed by atoms with Crippen molar-refractivity contribution >= 4 is 39.5 Å². The van der Waals surface area contributed by atoms with Crippen molar-refractivity contribution in [2.75, 3.05) is 0 Å². The first kappa shape index (κ1) is 18.9. The number of nitrogens with zero attached hydrogens (tertiary/aromatic N) is 3. The van der Waals surface area contributed by atoms with Crippen molar-refractivity contribution in [3.05, 3.63) is 88.0 Å². The molecule has 5 nitrogen and oxygen atoms in total. The second-order valence-electron chi connectivity index (χ2n) is 6.08. The smallest absolute Gasteiger partial charge is 0.258 e. The van der Waals surface area contributed by atoms with Crippen LogP contribution in [0.1, 0.15) is 11.1 Å². The van der Waals surface area contributed by atoms with Gasteiger partial charge in [-0.15, -0.1) is 10.2 Å². The van der Waals surface area contributed by atoms with E-state index in [0.29, 0.717) is 39.0 Å². The Kier molecular flexibility index (Phi) is 5.62. The monoisotopic (exact) mass is 431 g/mol. The number of rotatable bonds is 6. The second-order valence-corrected chi connectivity index (χ2v) is 8.30. The number of ether oxygens (including phenoxy) is 1. The van der Waals surface area contributed by atoms with Crippen molar-refractivity contribution in [3.8, 4) is 5.88 Å². The maximum absolute atomic E-state index is 12.8. The lowest BCUT2D eigenvalue weighted by Gasteiger charge is -2.10. The Morgan fingerprint density at radius 3 is 2.21 bits per heavy atom. The van der Waals surface area contributed by atoms with Gasteiger partial charge in [0.15, 0.2) is 0 Å². The van der Waals surface area contributed by atoms with Crippen molar-refractivity contribution in [2.24, 2.45) is 0 Å². The van der Waals surface area contributed by atoms with Crippen molar-refractivity contribution in [1.29, 1.82) is 0 Å². The summed E-state index contributed by atoms with van der Waals surface area (Å²) in [6.45, 7) is 0.333. The van der Waals surface area contributed by atoms with Gasteiger partial charge in [-0.1, -0.05) is 47.5 Å². The zero-order valence-corrected chi connectivity index (χ0v) is 16.9. The molecule has 0 saturated carbocycles. The van der Waals surface area contributed by atoms with Gasteiger partial charge in [0.05, 0.1) is 16.6 Å². The van der Waals surface area contributed by atoms with Crippen LogP contribution in [0, 0.1) is 0 Å². The minimum atomic E-state index is -1.37. The maximum atomic E-state index is 12.8. The fraction of sp³-hybridized carbons (Fsp3) is 0.100. The Morgan fingerprint density at radius 2 is 1.54 bits per heavy atom. The number of halogens is 2. The Bertz CT molecular complexity index is 1130. The standard InChI is InChI=1S/C20H15Cl2N3O2S/c21-16-7-3-14(4-8-16)12-27-19-18-2-1-11-25(18)20(24-23-19)28(26)13-15-5-9-17(22)10-6-15/h1-11H,12-13H2. The summed E-state index contributed by atoms with van der Waals surface area (Å²) in [4.78, 5) is 0. The summed E-state index contributed by atoms with van der Waals surface area (Å²) in [7, 11) is -1.37. The molecular weight excluding hydrogens is 417 g/mol. The number of hydrogen-bond donors (Lipinski definition) is 0. The van der Waals surface area contributed by atoms with Gasteiger partial charge in [-0.3, -0.25) is 8.61 Å². The molecule has 0 amide bonds. The highest BCUT2D eigenvalue weighted by Gasteiger charge is 2.15. The molecule has 142 valence electrons. The van der Waals surface area contributed by atoms with E-state index in [4.69, 9.17) is 27.9 Å². The molecular formula is C20H15Cl2N3O2S. The summed E-state index contributed by atoms with van der Waals surface area (Å²) in [6.07, 6.45) is 1.80. The predicted molar refractivity (Wildman–Crippen MR) is 110 cm³/mol. The summed E-state index contributed by atoms with van der Waals surface area (Å²) >= 11 is 11.8. The highest BCUT2D eigenvalue weighted by Crippen LogP contribution is 2.22. The van der Waals surface area contributed by atoms with E-state index in [1.54, 1.807) is 22.7 Å². The van der Waals surface area contributed by atoms with Crippen LogP contribution in [0.25, 0.3) is 5.52 Å². The molecule has 0 aliphatic rings. The molecule has 0 spiro atoms. The van der Waals surface area contributed by atoms with E-state index in [1.165, 1.54) is 0 Å². The number of aromatic nitrogens is 3. The maximum Gasteiger partial charge on any atom is 0.258 e. The summed E-state index contributed by atoms with van der Waals surface area (Å²) in [5, 5.41) is 10.00. The summed E-state index contributed by atoms with van der Waals surface area (Å²) in [6, 6.07) is 18.3. The molecule has 0 radical (unpaired) electrons. The average Bonchev–Trinajstić information content (AvgIpc) is 3.19. The largest absolute Gasteiger partial charge is 0.470 e. The van der Waals surface area contributed by atoms with Gasteiger partial charge in [-0.2, -0.15) is 0 Å². The van der Waals surface area contributed by atoms with Crippen LogP contribution in [0.4, 0.5) is 0 Å². The van der Waals surface area contributed by atoms with Crippen LogP contribution in [0.5, 0.6) is 5.88 Å². The molecule has 0 saturated heterocycles. The first-order valence-electron chi connectivity index (χ1n) is 8.44. The van der Waals surface area contributed by atoms with Gasteiger partial charge in [0.25, 0.3) is 5.88 Å². The summed E-state index contributed by atoms with van der Waals surface area (Å²) in [5.41, 5.74) is 2.59. The van der Waals surface area contributed by atoms with Gasteiger partial charge in [-0.25, -0.2) is 0 Å². The van der Waals surface area contributed by atoms with Gasteiger partial charge >= 0.3 is 0 Å². The van der Waals surface area contributed by atoms with Crippen molar-refractivity contribution in [1.82, 2.24) is 14.6 Å². The molecule has 28 heavy (non-hydrogen) atoms. The number of benzene rings is 2. The van der Waals surface area contributed by atoms with Gasteiger partial charge in [0, 0.05) is 16.2 Å². The first-order chi connectivity index (χ1) is 13.6. The molecule has 2 aromatic carbocycles. The van der Waals surface area contributed by atoms with Crippen LogP contribution in [-0.4, -0.2) is 18.8 Å². The van der Waals surface area contributed by atoms with E-state index in [1.807, 2.05) is 48.5 Å². The molecule has 4 aromatic rings. The fourth-order valence-corrected chi connectivity index (χ4v) is 4.08. The van der Waals surface area contributed by atoms with E-state index >= 15 is 0 Å². The SMILES string of the molecule is O=S(Cc1ccc(Cl)cc1)c1nnc(OCc2ccc(Cl)cc2)c2cccn12. The minimum Gasteiger partial charge on any atom is -0.470 e. The lowest BCUT2D eigenvalue weighted by Crippen LogP contribution is -2.09. The second kappa shape index (κ2) is 8.31. The molecule has 0 bridgehead atoms. The highest BCUT2D eigenvalue weighted by atomic mass is 35.5. The third kappa shape index (κ3) is 4.19. The highest BCUT2D eigenvalue weighted by molar-refractivity contribution is 7.84. The third-order valence-corrected chi connectivity index (χ3v) is 5.89. The molecule has 2 heterocycles. The van der Waals surface area contributed by atoms with Crippen LogP contribution in [0.2, 0.25) is 10.0 Å². The van der Waals surface area contributed by atoms with Gasteiger partial charge in [0.1, 0.15) is 12.1 Å². The normalized spacial score (nSPS) is 12.2. The van der Waals surface area contributed by atoms with Gasteiger partial charge in [-0.05, 0) is 47.5 Å². The van der Waals surface area contributed by atoms with Crippen molar-refractivity contribution < 1.29 is 8.95 Å². The van der Waals surface area contributed by atoms with Gasteiger partial charge in [0.2, 0.25) is 5.16 Å².